The Morgan fingerprint density at radius 2 is 1.83 bits per heavy atom. The molecule has 1 aromatic rings. The first-order valence-electron chi connectivity index (χ1n) is 2.97. The second-order valence-electron chi connectivity index (χ2n) is 2.16. The first-order chi connectivity index (χ1) is 5.41. The highest BCUT2D eigenvalue weighted by atomic mass is 32.1. The number of hydrogen-bond acceptors (Lipinski definition) is 1. The second-order valence-corrected chi connectivity index (χ2v) is 3.10. The minimum atomic E-state index is -5.13. The van der Waals surface area contributed by atoms with Crippen LogP contribution >= 0.6 is 11.3 Å². The van der Waals surface area contributed by atoms with Crippen LogP contribution in [0.2, 0.25) is 0 Å². The summed E-state index contributed by atoms with van der Waals surface area (Å²) >= 11 is 0.308. The highest BCUT2D eigenvalue weighted by molar-refractivity contribution is 7.22. The fourth-order valence-electron chi connectivity index (χ4n) is 0.654. The predicted molar refractivity (Wildman–Crippen MR) is 38.0 cm³/mol. The Hall–Kier alpha value is -0.585. The molecule has 0 saturated carbocycles. The smallest absolute Gasteiger partial charge is 0.444 e. The average Bonchev–Trinajstić information content (AvgIpc) is 2.30. The fourth-order valence-corrected chi connectivity index (χ4v) is 1.46. The molecule has 68 valence electrons. The van der Waals surface area contributed by atoms with Crippen molar-refractivity contribution < 1.29 is 21.7 Å². The molecular formula is C5H3BF5S-. The van der Waals surface area contributed by atoms with E-state index in [1.54, 1.807) is 0 Å². The molecule has 0 unspecified atom stereocenters. The van der Waals surface area contributed by atoms with Crippen LogP contribution in [0.4, 0.5) is 21.7 Å². The van der Waals surface area contributed by atoms with Crippen molar-refractivity contribution >= 4 is 23.1 Å². The van der Waals surface area contributed by atoms with Gasteiger partial charge in [-0.1, -0.05) is 10.8 Å². The van der Waals surface area contributed by atoms with Gasteiger partial charge in [-0.2, -0.15) is 11.3 Å². The third kappa shape index (κ3) is 1.97. The molecule has 7 heteroatoms. The minimum absolute atomic E-state index is 0.308. The maximum absolute atomic E-state index is 11.9. The zero-order valence-corrected chi connectivity index (χ0v) is 6.42. The van der Waals surface area contributed by atoms with Gasteiger partial charge in [-0.15, -0.1) is 0 Å². The summed E-state index contributed by atoms with van der Waals surface area (Å²) in [5.74, 6) is 0. The van der Waals surface area contributed by atoms with Crippen molar-refractivity contribution in [3.8, 4) is 0 Å². The van der Waals surface area contributed by atoms with Crippen LogP contribution in [0.25, 0.3) is 0 Å². The summed E-state index contributed by atoms with van der Waals surface area (Å²) in [5.41, 5.74) is -0.561. The number of rotatable bonds is 2. The SMILES string of the molecule is FC(F)c1csc([B-](F)(F)F)c1. The average molecular weight is 201 g/mol. The van der Waals surface area contributed by atoms with Crippen molar-refractivity contribution in [2.75, 3.05) is 0 Å². The molecule has 0 amide bonds. The van der Waals surface area contributed by atoms with Gasteiger partial charge in [0.25, 0.3) is 6.43 Å². The van der Waals surface area contributed by atoms with Gasteiger partial charge in [0.15, 0.2) is 0 Å². The maximum atomic E-state index is 11.9. The van der Waals surface area contributed by atoms with Crippen LogP contribution in [0.5, 0.6) is 0 Å². The van der Waals surface area contributed by atoms with Gasteiger partial charge in [0.2, 0.25) is 0 Å². The van der Waals surface area contributed by atoms with E-state index in [-0.39, 0.29) is 0 Å². The number of alkyl halides is 2. The molecule has 12 heavy (non-hydrogen) atoms. The van der Waals surface area contributed by atoms with Crippen LogP contribution in [-0.4, -0.2) is 6.98 Å². The van der Waals surface area contributed by atoms with Crippen molar-refractivity contribution in [1.82, 2.24) is 0 Å². The molecule has 0 aromatic carbocycles. The van der Waals surface area contributed by atoms with E-state index in [0.717, 1.165) is 5.38 Å². The van der Waals surface area contributed by atoms with Gasteiger partial charge < -0.3 is 12.9 Å². The molecule has 0 saturated heterocycles. The van der Waals surface area contributed by atoms with Crippen LogP contribution < -0.4 is 4.78 Å². The van der Waals surface area contributed by atoms with Crippen molar-refractivity contribution in [2.24, 2.45) is 0 Å². The minimum Gasteiger partial charge on any atom is -0.444 e. The Bertz CT molecular complexity index is 265. The second kappa shape index (κ2) is 3.04. The Labute approximate surface area is 69.1 Å². The van der Waals surface area contributed by atoms with Crippen molar-refractivity contribution in [3.05, 3.63) is 17.0 Å². The molecular weight excluding hydrogens is 198 g/mol. The quantitative estimate of drug-likeness (QED) is 0.509. The summed E-state index contributed by atoms with van der Waals surface area (Å²) in [6.07, 6.45) is -2.83. The van der Waals surface area contributed by atoms with Gasteiger partial charge in [-0.25, -0.2) is 8.78 Å². The van der Waals surface area contributed by atoms with Gasteiger partial charge in [-0.3, -0.25) is 0 Å². The monoisotopic (exact) mass is 201 g/mol. The van der Waals surface area contributed by atoms with Crippen LogP contribution in [0.1, 0.15) is 12.0 Å². The van der Waals surface area contributed by atoms with Crippen molar-refractivity contribution in [1.29, 1.82) is 0 Å². The first kappa shape index (κ1) is 9.50. The highest BCUT2D eigenvalue weighted by Crippen LogP contribution is 2.23. The largest absolute Gasteiger partial charge is 0.519 e. The van der Waals surface area contributed by atoms with E-state index in [1.165, 1.54) is 0 Å². The molecule has 0 aliphatic carbocycles. The van der Waals surface area contributed by atoms with Gasteiger partial charge >= 0.3 is 6.98 Å². The van der Waals surface area contributed by atoms with E-state index >= 15 is 0 Å². The van der Waals surface area contributed by atoms with Crippen LogP contribution in [-0.2, 0) is 0 Å². The molecule has 0 N–H and O–H groups in total. The summed E-state index contributed by atoms with van der Waals surface area (Å²) in [5, 5.41) is 0.829. The lowest BCUT2D eigenvalue weighted by Gasteiger charge is -2.09. The molecule has 0 aliphatic heterocycles. The number of hydrogen-bond donors (Lipinski definition) is 0. The summed E-state index contributed by atoms with van der Waals surface area (Å²) in [4.78, 5) is 0. The fraction of sp³-hybridized carbons (Fsp3) is 0.200. The van der Waals surface area contributed by atoms with E-state index in [9.17, 15) is 21.7 Å². The highest BCUT2D eigenvalue weighted by Gasteiger charge is 2.28. The third-order valence-corrected chi connectivity index (χ3v) is 2.26. The Kier molecular flexibility index (Phi) is 2.41. The normalized spacial score (nSPS) is 12.5. The number of thiophene rings is 1. The zero-order chi connectivity index (χ0) is 9.35. The molecule has 1 heterocycles. The predicted octanol–water partition coefficient (Wildman–Crippen LogP) is 2.74. The molecule has 0 bridgehead atoms. The van der Waals surface area contributed by atoms with Crippen LogP contribution in [0.3, 0.4) is 0 Å². The first-order valence-corrected chi connectivity index (χ1v) is 3.85. The Morgan fingerprint density at radius 3 is 2.08 bits per heavy atom. The third-order valence-electron chi connectivity index (χ3n) is 1.21. The standard InChI is InChI=1S/C5H3BF5S/c7-5(8)3-1-4(12-2-3)6(9,10)11/h1-2,5H/q-1. The molecule has 1 rings (SSSR count). The topological polar surface area (TPSA) is 0 Å². The van der Waals surface area contributed by atoms with Crippen molar-refractivity contribution in [3.63, 3.8) is 0 Å². The Balaban J connectivity index is 2.92. The molecule has 0 nitrogen and oxygen atoms in total. The van der Waals surface area contributed by atoms with Gasteiger partial charge in [-0.05, 0) is 5.38 Å². The molecule has 0 radical (unpaired) electrons. The van der Waals surface area contributed by atoms with Crippen LogP contribution in [0.15, 0.2) is 11.4 Å². The summed E-state index contributed by atoms with van der Waals surface area (Å²) in [6, 6.07) is 0.495. The zero-order valence-electron chi connectivity index (χ0n) is 5.61. The lowest BCUT2D eigenvalue weighted by Crippen LogP contribution is -2.30. The number of halogens is 5. The molecule has 0 spiro atoms. The van der Waals surface area contributed by atoms with E-state index in [4.69, 9.17) is 0 Å². The van der Waals surface area contributed by atoms with E-state index in [2.05, 4.69) is 0 Å². The summed E-state index contributed by atoms with van der Waals surface area (Å²) in [7, 11) is 0. The molecule has 0 aliphatic rings. The van der Waals surface area contributed by atoms with Crippen molar-refractivity contribution in [2.45, 2.75) is 6.43 Å². The van der Waals surface area contributed by atoms with E-state index < -0.39 is 23.7 Å². The van der Waals surface area contributed by atoms with E-state index in [0.29, 0.717) is 17.4 Å². The van der Waals surface area contributed by atoms with E-state index in [1.807, 2.05) is 0 Å². The van der Waals surface area contributed by atoms with Gasteiger partial charge in [0.05, 0.1) is 0 Å². The van der Waals surface area contributed by atoms with Gasteiger partial charge in [0, 0.05) is 5.56 Å². The summed E-state index contributed by atoms with van der Waals surface area (Å²) < 4.78 is 58.4. The lowest BCUT2D eigenvalue weighted by molar-refractivity contribution is 0.152. The molecule has 0 atom stereocenters. The Morgan fingerprint density at radius 1 is 1.25 bits per heavy atom. The molecule has 0 fully saturated rings. The van der Waals surface area contributed by atoms with Gasteiger partial charge in [0.1, 0.15) is 0 Å². The maximum Gasteiger partial charge on any atom is 0.519 e. The summed E-state index contributed by atoms with van der Waals surface area (Å²) in [6.45, 7) is -5.13. The van der Waals surface area contributed by atoms with Crippen LogP contribution in [0, 0.1) is 0 Å². The lowest BCUT2D eigenvalue weighted by atomic mass is 9.89. The molecule has 1 aromatic heterocycles.